The van der Waals surface area contributed by atoms with Crippen LogP contribution < -0.4 is 10.1 Å². The smallest absolute Gasteiger partial charge is 0.190 e. The van der Waals surface area contributed by atoms with Gasteiger partial charge in [-0.1, -0.05) is 17.7 Å². The number of ether oxygens (including phenoxy) is 1. The third-order valence-corrected chi connectivity index (χ3v) is 3.62. The summed E-state index contributed by atoms with van der Waals surface area (Å²) >= 11 is 5.88. The Hall–Kier alpha value is -2.46. The second-order valence-corrected chi connectivity index (χ2v) is 5.58. The lowest BCUT2D eigenvalue weighted by atomic mass is 10.0. The van der Waals surface area contributed by atoms with Crippen molar-refractivity contribution in [2.45, 2.75) is 12.8 Å². The van der Waals surface area contributed by atoms with Crippen LogP contribution in [0.2, 0.25) is 5.02 Å². The molecule has 2 N–H and O–H groups in total. The number of rotatable bonds is 4. The molecule has 0 fully saturated rings. The Bertz CT molecular complexity index is 770. The first kappa shape index (κ1) is 14.5. The van der Waals surface area contributed by atoms with E-state index in [1.165, 1.54) is 6.07 Å². The van der Waals surface area contributed by atoms with E-state index < -0.39 is 0 Å². The minimum absolute atomic E-state index is 0.0118. The van der Waals surface area contributed by atoms with Gasteiger partial charge in [-0.15, -0.1) is 0 Å². The SMILES string of the molecule is C=C1Nc2ccc(CC(=O)Cc3cc(Cl)ccc3O)cc2O1. The number of carbonyl (C=O) groups is 1. The van der Waals surface area contributed by atoms with E-state index in [4.69, 9.17) is 16.3 Å². The van der Waals surface area contributed by atoms with Gasteiger partial charge in [0.05, 0.1) is 5.69 Å². The largest absolute Gasteiger partial charge is 0.508 e. The van der Waals surface area contributed by atoms with Crippen molar-refractivity contribution in [1.82, 2.24) is 0 Å². The van der Waals surface area contributed by atoms with Crippen molar-refractivity contribution in [2.75, 3.05) is 5.32 Å². The Morgan fingerprint density at radius 1 is 1.23 bits per heavy atom. The van der Waals surface area contributed by atoms with Gasteiger partial charge < -0.3 is 15.2 Å². The van der Waals surface area contributed by atoms with E-state index >= 15 is 0 Å². The third kappa shape index (κ3) is 3.07. The van der Waals surface area contributed by atoms with E-state index in [2.05, 4.69) is 11.9 Å². The number of aromatic hydroxyl groups is 1. The highest BCUT2D eigenvalue weighted by Crippen LogP contribution is 2.33. The summed E-state index contributed by atoms with van der Waals surface area (Å²) in [5.74, 6) is 1.21. The first-order valence-electron chi connectivity index (χ1n) is 6.77. The van der Waals surface area contributed by atoms with Crippen molar-refractivity contribution in [3.63, 3.8) is 0 Å². The molecule has 0 atom stereocenters. The van der Waals surface area contributed by atoms with Crippen molar-refractivity contribution in [3.05, 3.63) is 65.0 Å². The summed E-state index contributed by atoms with van der Waals surface area (Å²) in [6.07, 6.45) is 0.393. The van der Waals surface area contributed by atoms with E-state index in [0.717, 1.165) is 11.3 Å². The Kier molecular flexibility index (Phi) is 3.77. The van der Waals surface area contributed by atoms with Gasteiger partial charge in [0.2, 0.25) is 0 Å². The molecular weight excluding hydrogens is 302 g/mol. The molecule has 3 rings (SSSR count). The molecule has 1 heterocycles. The topological polar surface area (TPSA) is 58.6 Å². The summed E-state index contributed by atoms with van der Waals surface area (Å²) in [6.45, 7) is 3.69. The molecule has 0 saturated heterocycles. The Balaban J connectivity index is 1.71. The molecule has 0 aliphatic carbocycles. The van der Waals surface area contributed by atoms with Gasteiger partial charge in [-0.25, -0.2) is 0 Å². The zero-order chi connectivity index (χ0) is 15.7. The van der Waals surface area contributed by atoms with Gasteiger partial charge in [-0.2, -0.15) is 0 Å². The Morgan fingerprint density at radius 3 is 2.86 bits per heavy atom. The van der Waals surface area contributed by atoms with Gasteiger partial charge in [0, 0.05) is 23.4 Å². The molecule has 4 nitrogen and oxygen atoms in total. The number of phenols is 1. The fourth-order valence-corrected chi connectivity index (χ4v) is 2.57. The average molecular weight is 316 g/mol. The minimum atomic E-state index is -0.0118. The van der Waals surface area contributed by atoms with Crippen LogP contribution in [0.4, 0.5) is 5.69 Å². The standard InChI is InChI=1S/C17H14ClNO3/c1-10-19-15-4-2-11(7-17(15)22-10)6-14(20)9-12-8-13(18)3-5-16(12)21/h2-5,7-8,19,21H,1,6,9H2. The normalized spacial score (nSPS) is 12.5. The number of phenolic OH excluding ortho intramolecular Hbond substituents is 1. The molecule has 0 aromatic heterocycles. The first-order valence-corrected chi connectivity index (χ1v) is 7.15. The van der Waals surface area contributed by atoms with E-state index in [1.54, 1.807) is 12.1 Å². The lowest BCUT2D eigenvalue weighted by Crippen LogP contribution is -2.06. The summed E-state index contributed by atoms with van der Waals surface area (Å²) in [4.78, 5) is 12.2. The fourth-order valence-electron chi connectivity index (χ4n) is 2.37. The van der Waals surface area contributed by atoms with Crippen LogP contribution in [0, 0.1) is 0 Å². The Morgan fingerprint density at radius 2 is 2.05 bits per heavy atom. The van der Waals surface area contributed by atoms with Crippen LogP contribution in [0.3, 0.4) is 0 Å². The molecule has 0 bridgehead atoms. The fraction of sp³-hybridized carbons (Fsp3) is 0.118. The molecule has 112 valence electrons. The molecule has 0 amide bonds. The first-order chi connectivity index (χ1) is 10.5. The molecule has 2 aromatic rings. The lowest BCUT2D eigenvalue weighted by Gasteiger charge is -2.06. The van der Waals surface area contributed by atoms with E-state index in [0.29, 0.717) is 22.2 Å². The van der Waals surface area contributed by atoms with Crippen LogP contribution in [-0.2, 0) is 17.6 Å². The molecule has 1 aliphatic heterocycles. The Labute approximate surface area is 133 Å². The monoisotopic (exact) mass is 315 g/mol. The maximum Gasteiger partial charge on any atom is 0.190 e. The van der Waals surface area contributed by atoms with E-state index in [9.17, 15) is 9.90 Å². The van der Waals surface area contributed by atoms with Crippen LogP contribution in [0.5, 0.6) is 11.5 Å². The predicted octanol–water partition coefficient (Wildman–Crippen LogP) is 3.68. The second kappa shape index (κ2) is 5.73. The van der Waals surface area contributed by atoms with E-state index in [1.807, 2.05) is 18.2 Å². The number of anilines is 1. The van der Waals surface area contributed by atoms with Crippen molar-refractivity contribution < 1.29 is 14.6 Å². The summed E-state index contributed by atoms with van der Waals surface area (Å²) < 4.78 is 5.41. The van der Waals surface area contributed by atoms with Crippen molar-refractivity contribution in [2.24, 2.45) is 0 Å². The third-order valence-electron chi connectivity index (χ3n) is 3.38. The number of Topliss-reactive ketones (excluding diaryl/α,β-unsaturated/α-hetero) is 1. The highest BCUT2D eigenvalue weighted by atomic mass is 35.5. The molecule has 0 unspecified atom stereocenters. The van der Waals surface area contributed by atoms with Gasteiger partial charge in [0.25, 0.3) is 0 Å². The molecular formula is C17H14ClNO3. The van der Waals surface area contributed by atoms with Gasteiger partial charge >= 0.3 is 0 Å². The minimum Gasteiger partial charge on any atom is -0.508 e. The van der Waals surface area contributed by atoms with E-state index in [-0.39, 0.29) is 24.4 Å². The zero-order valence-electron chi connectivity index (χ0n) is 11.7. The van der Waals surface area contributed by atoms with Crippen LogP contribution in [0.1, 0.15) is 11.1 Å². The summed E-state index contributed by atoms with van der Waals surface area (Å²) in [5, 5.41) is 13.2. The number of carbonyl (C=O) groups excluding carboxylic acids is 1. The highest BCUT2D eigenvalue weighted by Gasteiger charge is 2.16. The number of fused-ring (bicyclic) bond motifs is 1. The predicted molar refractivity (Wildman–Crippen MR) is 85.4 cm³/mol. The maximum atomic E-state index is 12.2. The quantitative estimate of drug-likeness (QED) is 0.903. The highest BCUT2D eigenvalue weighted by molar-refractivity contribution is 6.30. The average Bonchev–Trinajstić information content (AvgIpc) is 2.82. The van der Waals surface area contributed by atoms with Gasteiger partial charge in [0.1, 0.15) is 11.5 Å². The molecule has 0 spiro atoms. The maximum absolute atomic E-state index is 12.2. The lowest BCUT2D eigenvalue weighted by molar-refractivity contribution is -0.117. The number of halogens is 1. The molecule has 22 heavy (non-hydrogen) atoms. The number of hydrogen-bond acceptors (Lipinski definition) is 4. The van der Waals surface area contributed by atoms with Gasteiger partial charge in [0.15, 0.2) is 11.6 Å². The number of benzene rings is 2. The summed E-state index contributed by atoms with van der Waals surface area (Å²) in [7, 11) is 0. The van der Waals surface area contributed by atoms with Crippen LogP contribution in [0.15, 0.2) is 48.9 Å². The van der Waals surface area contributed by atoms with Crippen LogP contribution in [0.25, 0.3) is 0 Å². The molecule has 0 radical (unpaired) electrons. The second-order valence-electron chi connectivity index (χ2n) is 5.15. The zero-order valence-corrected chi connectivity index (χ0v) is 12.5. The number of hydrogen-bond donors (Lipinski definition) is 2. The molecule has 5 heteroatoms. The van der Waals surface area contributed by atoms with Crippen molar-refractivity contribution in [3.8, 4) is 11.5 Å². The number of ketones is 1. The van der Waals surface area contributed by atoms with Crippen molar-refractivity contribution >= 4 is 23.1 Å². The van der Waals surface area contributed by atoms with Crippen molar-refractivity contribution in [1.29, 1.82) is 0 Å². The van der Waals surface area contributed by atoms with Gasteiger partial charge in [-0.05, 0) is 42.5 Å². The summed E-state index contributed by atoms with van der Waals surface area (Å²) in [5.41, 5.74) is 2.22. The van der Waals surface area contributed by atoms with Crippen LogP contribution in [-0.4, -0.2) is 10.9 Å². The van der Waals surface area contributed by atoms with Crippen LogP contribution >= 0.6 is 11.6 Å². The molecule has 0 saturated carbocycles. The molecule has 1 aliphatic rings. The van der Waals surface area contributed by atoms with Gasteiger partial charge in [-0.3, -0.25) is 4.79 Å². The molecule has 2 aromatic carbocycles. The summed E-state index contributed by atoms with van der Waals surface area (Å²) in [6, 6.07) is 10.2. The number of nitrogens with one attached hydrogen (secondary N) is 1.